The quantitative estimate of drug-likeness (QED) is 0.561. The third kappa shape index (κ3) is 6.65. The van der Waals surface area contributed by atoms with E-state index in [4.69, 9.17) is 10.5 Å². The van der Waals surface area contributed by atoms with Gasteiger partial charge in [0, 0.05) is 36.7 Å². The minimum absolute atomic E-state index is 0.00466. The van der Waals surface area contributed by atoms with Crippen LogP contribution in [0.25, 0.3) is 0 Å². The van der Waals surface area contributed by atoms with Crippen LogP contribution < -0.4 is 21.3 Å². The number of hydrogen-bond donors (Lipinski definition) is 3. The highest BCUT2D eigenvalue weighted by atomic mass is 16.6. The number of carbonyl (C=O) groups is 2. The zero-order chi connectivity index (χ0) is 23.1. The Kier molecular flexibility index (Phi) is 7.63. The Hall–Kier alpha value is -3.20. The van der Waals surface area contributed by atoms with Crippen molar-refractivity contribution in [3.05, 3.63) is 48.3 Å². The van der Waals surface area contributed by atoms with Crippen LogP contribution in [0.5, 0.6) is 0 Å². The summed E-state index contributed by atoms with van der Waals surface area (Å²) >= 11 is 0. The highest BCUT2D eigenvalue weighted by Crippen LogP contribution is 2.25. The minimum atomic E-state index is -0.919. The van der Waals surface area contributed by atoms with Gasteiger partial charge < -0.3 is 26.0 Å². The van der Waals surface area contributed by atoms with E-state index < -0.39 is 17.6 Å². The van der Waals surface area contributed by atoms with Crippen molar-refractivity contribution in [1.29, 1.82) is 0 Å². The maximum Gasteiger partial charge on any atom is 0.325 e. The molecule has 1 saturated heterocycles. The number of piperidine rings is 1. The minimum Gasteiger partial charge on any atom is -0.459 e. The molecule has 2 heterocycles. The molecule has 1 aliphatic rings. The van der Waals surface area contributed by atoms with E-state index in [2.05, 4.69) is 25.5 Å². The van der Waals surface area contributed by atoms with E-state index >= 15 is 0 Å². The predicted molar refractivity (Wildman–Crippen MR) is 123 cm³/mol. The van der Waals surface area contributed by atoms with Crippen molar-refractivity contribution in [1.82, 2.24) is 15.3 Å². The fourth-order valence-electron chi connectivity index (χ4n) is 3.48. The van der Waals surface area contributed by atoms with Crippen LogP contribution in [0.2, 0.25) is 0 Å². The third-order valence-electron chi connectivity index (χ3n) is 5.02. The van der Waals surface area contributed by atoms with Crippen molar-refractivity contribution in [2.24, 2.45) is 5.73 Å². The van der Waals surface area contributed by atoms with Crippen molar-refractivity contribution in [2.75, 3.05) is 23.3 Å². The summed E-state index contributed by atoms with van der Waals surface area (Å²) in [5.41, 5.74) is 6.73. The van der Waals surface area contributed by atoms with Gasteiger partial charge in [-0.15, -0.1) is 0 Å². The lowest BCUT2D eigenvalue weighted by atomic mass is 10.1. The zero-order valence-corrected chi connectivity index (χ0v) is 18.9. The SMILES string of the molecule is CC(C)(C)OC(=O)[C@@H](N)CNC(=O)c1ccc(N2CCCCC2Nc2ncccn2)cc1. The summed E-state index contributed by atoms with van der Waals surface area (Å²) in [7, 11) is 0. The lowest BCUT2D eigenvalue weighted by Crippen LogP contribution is -2.45. The standard InChI is InChI=1S/C23H32N6O3/c1-23(2,3)32-21(31)18(24)15-27-20(30)16-8-10-17(11-9-16)29-14-5-4-7-19(29)28-22-25-12-6-13-26-22/h6,8-13,18-19H,4-5,7,14-15,24H2,1-3H3,(H,27,30)(H,25,26,28)/t18-,19?/m0/s1. The van der Waals surface area contributed by atoms with E-state index in [0.717, 1.165) is 31.5 Å². The number of nitrogens with one attached hydrogen (secondary N) is 2. The number of carbonyl (C=O) groups excluding carboxylic acids is 2. The van der Waals surface area contributed by atoms with E-state index in [0.29, 0.717) is 11.5 Å². The summed E-state index contributed by atoms with van der Waals surface area (Å²) in [4.78, 5) is 35.2. The molecule has 0 saturated carbocycles. The van der Waals surface area contributed by atoms with Crippen molar-refractivity contribution in [2.45, 2.75) is 57.8 Å². The first kappa shape index (κ1) is 23.5. The van der Waals surface area contributed by atoms with E-state index in [-0.39, 0.29) is 18.6 Å². The summed E-state index contributed by atoms with van der Waals surface area (Å²) in [6.07, 6.45) is 6.70. The van der Waals surface area contributed by atoms with Gasteiger partial charge in [0.05, 0.1) is 0 Å². The fraction of sp³-hybridized carbons (Fsp3) is 0.478. The van der Waals surface area contributed by atoms with Gasteiger partial charge >= 0.3 is 5.97 Å². The van der Waals surface area contributed by atoms with Gasteiger partial charge in [-0.2, -0.15) is 0 Å². The van der Waals surface area contributed by atoms with E-state index in [1.807, 2.05) is 12.1 Å². The molecule has 172 valence electrons. The second-order valence-electron chi connectivity index (χ2n) is 8.82. The Bertz CT molecular complexity index is 898. The molecule has 1 aliphatic heterocycles. The van der Waals surface area contributed by atoms with Crippen LogP contribution in [-0.4, -0.2) is 52.7 Å². The molecule has 9 nitrogen and oxygen atoms in total. The molecule has 0 spiro atoms. The molecule has 32 heavy (non-hydrogen) atoms. The van der Waals surface area contributed by atoms with Crippen molar-refractivity contribution in [3.63, 3.8) is 0 Å². The van der Waals surface area contributed by atoms with E-state index in [9.17, 15) is 9.59 Å². The van der Waals surface area contributed by atoms with Gasteiger partial charge in [0.1, 0.15) is 17.8 Å². The first-order valence-electron chi connectivity index (χ1n) is 10.9. The number of anilines is 2. The average molecular weight is 441 g/mol. The summed E-state index contributed by atoms with van der Waals surface area (Å²) in [6, 6.07) is 8.26. The molecule has 3 rings (SSSR count). The topological polar surface area (TPSA) is 122 Å². The number of nitrogens with zero attached hydrogens (tertiary/aromatic N) is 3. The van der Waals surface area contributed by atoms with Crippen LogP contribution in [0.4, 0.5) is 11.6 Å². The maximum absolute atomic E-state index is 12.5. The molecule has 2 aromatic rings. The number of esters is 1. The molecular formula is C23H32N6O3. The maximum atomic E-state index is 12.5. The molecule has 4 N–H and O–H groups in total. The largest absolute Gasteiger partial charge is 0.459 e. The number of hydrogen-bond acceptors (Lipinski definition) is 8. The van der Waals surface area contributed by atoms with Crippen molar-refractivity contribution in [3.8, 4) is 0 Å². The molecule has 1 amide bonds. The Morgan fingerprint density at radius 2 is 1.88 bits per heavy atom. The van der Waals surface area contributed by atoms with Crippen molar-refractivity contribution >= 4 is 23.5 Å². The fourth-order valence-corrected chi connectivity index (χ4v) is 3.48. The van der Waals surface area contributed by atoms with Crippen LogP contribution in [0.3, 0.4) is 0 Å². The van der Waals surface area contributed by atoms with Gasteiger partial charge in [0.15, 0.2) is 0 Å². The first-order valence-corrected chi connectivity index (χ1v) is 10.9. The number of ether oxygens (including phenoxy) is 1. The smallest absolute Gasteiger partial charge is 0.325 e. The van der Waals surface area contributed by atoms with Crippen LogP contribution >= 0.6 is 0 Å². The highest BCUT2D eigenvalue weighted by Gasteiger charge is 2.24. The molecule has 0 bridgehead atoms. The summed E-state index contributed by atoms with van der Waals surface area (Å²) in [6.45, 7) is 6.22. The highest BCUT2D eigenvalue weighted by molar-refractivity contribution is 5.95. The average Bonchev–Trinajstić information content (AvgIpc) is 2.77. The van der Waals surface area contributed by atoms with Gasteiger partial charge in [-0.3, -0.25) is 9.59 Å². The predicted octanol–water partition coefficient (Wildman–Crippen LogP) is 2.30. The number of nitrogens with two attached hydrogens (primary N) is 1. The van der Waals surface area contributed by atoms with Crippen LogP contribution in [0.15, 0.2) is 42.7 Å². The molecule has 9 heteroatoms. The summed E-state index contributed by atoms with van der Waals surface area (Å²) < 4.78 is 5.24. The van der Waals surface area contributed by atoms with Crippen LogP contribution in [0.1, 0.15) is 50.4 Å². The molecule has 0 radical (unpaired) electrons. The van der Waals surface area contributed by atoms with Gasteiger partial charge in [0.2, 0.25) is 5.95 Å². The number of amides is 1. The van der Waals surface area contributed by atoms with Gasteiger partial charge in [-0.25, -0.2) is 9.97 Å². The Morgan fingerprint density at radius 3 is 2.53 bits per heavy atom. The monoisotopic (exact) mass is 440 g/mol. The second-order valence-corrected chi connectivity index (χ2v) is 8.82. The van der Waals surface area contributed by atoms with Gasteiger partial charge in [-0.05, 0) is 70.4 Å². The Morgan fingerprint density at radius 1 is 1.19 bits per heavy atom. The zero-order valence-electron chi connectivity index (χ0n) is 18.9. The summed E-state index contributed by atoms with van der Waals surface area (Å²) in [5.74, 6) is -0.234. The summed E-state index contributed by atoms with van der Waals surface area (Å²) in [5, 5.41) is 6.09. The second kappa shape index (κ2) is 10.4. The van der Waals surface area contributed by atoms with Crippen molar-refractivity contribution < 1.29 is 14.3 Å². The van der Waals surface area contributed by atoms with Gasteiger partial charge in [-0.1, -0.05) is 0 Å². The molecule has 1 aromatic heterocycles. The molecule has 1 aromatic carbocycles. The molecule has 1 unspecified atom stereocenters. The first-order chi connectivity index (χ1) is 15.2. The van der Waals surface area contributed by atoms with Crippen LogP contribution in [-0.2, 0) is 9.53 Å². The molecule has 1 fully saturated rings. The van der Waals surface area contributed by atoms with E-state index in [1.165, 1.54) is 0 Å². The molecular weight excluding hydrogens is 408 g/mol. The number of rotatable bonds is 7. The Balaban J connectivity index is 1.58. The molecule has 0 aliphatic carbocycles. The lowest BCUT2D eigenvalue weighted by Gasteiger charge is -2.38. The normalized spacial score (nSPS) is 17.4. The van der Waals surface area contributed by atoms with Gasteiger partial charge in [0.25, 0.3) is 5.91 Å². The number of benzene rings is 1. The Labute approximate surface area is 188 Å². The van der Waals surface area contributed by atoms with E-state index in [1.54, 1.807) is 51.4 Å². The van der Waals surface area contributed by atoms with Crippen LogP contribution in [0, 0.1) is 0 Å². The molecule has 2 atom stereocenters. The number of aromatic nitrogens is 2. The third-order valence-corrected chi connectivity index (χ3v) is 5.02. The lowest BCUT2D eigenvalue weighted by molar-refractivity contribution is -0.156.